The maximum Gasteiger partial charge on any atom is 0.231 e. The summed E-state index contributed by atoms with van der Waals surface area (Å²) in [5, 5.41) is 0. The van der Waals surface area contributed by atoms with Crippen LogP contribution in [0.2, 0.25) is 0 Å². The van der Waals surface area contributed by atoms with Gasteiger partial charge in [-0.3, -0.25) is 4.79 Å². The number of ether oxygens (including phenoxy) is 3. The number of methoxy groups -OCH3 is 3. The fraction of sp³-hybridized carbons (Fsp3) is 0.650. The minimum Gasteiger partial charge on any atom is -0.496 e. The van der Waals surface area contributed by atoms with E-state index in [4.69, 9.17) is 14.2 Å². The maximum absolute atomic E-state index is 12.8. The van der Waals surface area contributed by atoms with Gasteiger partial charge in [0.05, 0.1) is 45.9 Å². The first-order chi connectivity index (χ1) is 12.7. The van der Waals surface area contributed by atoms with Crippen molar-refractivity contribution in [1.82, 2.24) is 4.90 Å². The molecular formula is C20H31N2O4+. The first-order valence-corrected chi connectivity index (χ1v) is 9.57. The van der Waals surface area contributed by atoms with Crippen molar-refractivity contribution in [2.75, 3.05) is 47.5 Å². The van der Waals surface area contributed by atoms with E-state index in [1.165, 1.54) is 4.90 Å². The molecule has 0 aliphatic carbocycles. The normalized spacial score (nSPS) is 23.0. The lowest BCUT2D eigenvalue weighted by Gasteiger charge is -2.31. The predicted octanol–water partition coefficient (Wildman–Crippen LogP) is 1.13. The first-order valence-electron chi connectivity index (χ1n) is 9.57. The Hall–Kier alpha value is -1.95. The molecule has 1 unspecified atom stereocenters. The zero-order chi connectivity index (χ0) is 18.5. The molecule has 0 radical (unpaired) electrons. The molecule has 6 heteroatoms. The summed E-state index contributed by atoms with van der Waals surface area (Å²) in [5.74, 6) is 2.71. The molecule has 2 aliphatic heterocycles. The van der Waals surface area contributed by atoms with Crippen LogP contribution in [0.25, 0.3) is 0 Å². The Morgan fingerprint density at radius 2 is 1.69 bits per heavy atom. The zero-order valence-electron chi connectivity index (χ0n) is 16.2. The molecule has 2 fully saturated rings. The predicted molar refractivity (Wildman–Crippen MR) is 99.0 cm³/mol. The monoisotopic (exact) mass is 363 g/mol. The van der Waals surface area contributed by atoms with Gasteiger partial charge in [0, 0.05) is 19.2 Å². The summed E-state index contributed by atoms with van der Waals surface area (Å²) in [7, 11) is 4.95. The van der Waals surface area contributed by atoms with Crippen molar-refractivity contribution in [3.05, 3.63) is 17.7 Å². The quantitative estimate of drug-likeness (QED) is 0.823. The van der Waals surface area contributed by atoms with E-state index in [0.29, 0.717) is 17.4 Å². The third-order valence-corrected chi connectivity index (χ3v) is 5.61. The van der Waals surface area contributed by atoms with Crippen molar-refractivity contribution in [2.24, 2.45) is 5.92 Å². The number of carbonyl (C=O) groups excluding carboxylic acids is 1. The van der Waals surface area contributed by atoms with Crippen molar-refractivity contribution in [1.29, 1.82) is 0 Å². The smallest absolute Gasteiger partial charge is 0.231 e. The molecule has 144 valence electrons. The number of hydrogen-bond donors (Lipinski definition) is 1. The van der Waals surface area contributed by atoms with Crippen LogP contribution in [0.3, 0.4) is 0 Å². The molecule has 1 aromatic rings. The minimum atomic E-state index is 0.156. The van der Waals surface area contributed by atoms with Crippen molar-refractivity contribution < 1.29 is 23.9 Å². The van der Waals surface area contributed by atoms with E-state index in [0.717, 1.165) is 69.7 Å². The molecule has 2 atom stereocenters. The van der Waals surface area contributed by atoms with Crippen LogP contribution in [-0.2, 0) is 11.3 Å². The number of benzene rings is 1. The number of rotatable bonds is 6. The average molecular weight is 363 g/mol. The summed E-state index contributed by atoms with van der Waals surface area (Å²) in [6.07, 6.45) is 4.41. The summed E-state index contributed by atoms with van der Waals surface area (Å²) >= 11 is 0. The average Bonchev–Trinajstić information content (AvgIpc) is 3.22. The number of hydrogen-bond acceptors (Lipinski definition) is 4. The van der Waals surface area contributed by atoms with Crippen molar-refractivity contribution in [3.8, 4) is 17.2 Å². The van der Waals surface area contributed by atoms with Gasteiger partial charge in [0.15, 0.2) is 11.5 Å². The van der Waals surface area contributed by atoms with Gasteiger partial charge in [0.2, 0.25) is 5.91 Å². The van der Waals surface area contributed by atoms with Crippen molar-refractivity contribution in [2.45, 2.75) is 32.2 Å². The van der Waals surface area contributed by atoms with E-state index >= 15 is 0 Å². The van der Waals surface area contributed by atoms with Gasteiger partial charge >= 0.3 is 0 Å². The summed E-state index contributed by atoms with van der Waals surface area (Å²) in [4.78, 5) is 16.2. The lowest BCUT2D eigenvalue weighted by Crippen LogP contribution is -3.12. The van der Waals surface area contributed by atoms with Gasteiger partial charge in [-0.15, -0.1) is 0 Å². The van der Waals surface area contributed by atoms with Crippen LogP contribution in [0.15, 0.2) is 12.1 Å². The largest absolute Gasteiger partial charge is 0.496 e. The Morgan fingerprint density at radius 1 is 1.04 bits per heavy atom. The molecule has 1 aromatic carbocycles. The highest BCUT2D eigenvalue weighted by molar-refractivity contribution is 5.79. The summed E-state index contributed by atoms with van der Waals surface area (Å²) in [5.41, 5.74) is 1.09. The molecule has 0 aromatic heterocycles. The van der Waals surface area contributed by atoms with Gasteiger partial charge in [0.25, 0.3) is 0 Å². The van der Waals surface area contributed by atoms with Crippen LogP contribution in [0.1, 0.15) is 31.2 Å². The second-order valence-electron chi connectivity index (χ2n) is 7.27. The van der Waals surface area contributed by atoms with Crippen molar-refractivity contribution >= 4 is 5.91 Å². The number of likely N-dealkylation sites (tertiary alicyclic amines) is 2. The maximum atomic E-state index is 12.8. The molecular weight excluding hydrogens is 332 g/mol. The first kappa shape index (κ1) is 18.8. The number of amides is 1. The van der Waals surface area contributed by atoms with Gasteiger partial charge in [-0.1, -0.05) is 0 Å². The molecule has 3 rings (SSSR count). The third-order valence-electron chi connectivity index (χ3n) is 5.61. The second kappa shape index (κ2) is 8.62. The molecule has 1 N–H and O–H groups in total. The summed E-state index contributed by atoms with van der Waals surface area (Å²) in [6.45, 7) is 4.68. The topological polar surface area (TPSA) is 52.4 Å². The van der Waals surface area contributed by atoms with E-state index < -0.39 is 0 Å². The van der Waals surface area contributed by atoms with Crippen LogP contribution < -0.4 is 19.1 Å². The molecule has 2 heterocycles. The highest BCUT2D eigenvalue weighted by Gasteiger charge is 2.33. The lowest BCUT2D eigenvalue weighted by atomic mass is 9.96. The van der Waals surface area contributed by atoms with Gasteiger partial charge in [0.1, 0.15) is 12.3 Å². The molecule has 26 heavy (non-hydrogen) atoms. The Bertz CT molecular complexity index is 628. The van der Waals surface area contributed by atoms with Crippen LogP contribution in [0.5, 0.6) is 17.2 Å². The standard InChI is InChI=1S/C20H30N2O4/c1-24-17-12-19(26-3)18(25-2)11-16(17)14-21-8-6-7-15(13-21)20(23)22-9-4-5-10-22/h11-12,15H,4-10,13-14H2,1-3H3/p+1/t15-/m0/s1. The van der Waals surface area contributed by atoms with E-state index in [2.05, 4.69) is 4.90 Å². The van der Waals surface area contributed by atoms with Gasteiger partial charge < -0.3 is 24.0 Å². The summed E-state index contributed by atoms with van der Waals surface area (Å²) in [6, 6.07) is 3.88. The van der Waals surface area contributed by atoms with Crippen LogP contribution in [0.4, 0.5) is 0 Å². The van der Waals surface area contributed by atoms with E-state index in [1.54, 1.807) is 21.3 Å². The molecule has 0 bridgehead atoms. The lowest BCUT2D eigenvalue weighted by molar-refractivity contribution is -0.921. The fourth-order valence-electron chi connectivity index (χ4n) is 4.22. The highest BCUT2D eigenvalue weighted by Crippen LogP contribution is 2.34. The third kappa shape index (κ3) is 4.06. The number of quaternary nitrogens is 1. The molecule has 2 aliphatic rings. The van der Waals surface area contributed by atoms with Gasteiger partial charge in [-0.05, 0) is 31.7 Å². The highest BCUT2D eigenvalue weighted by atomic mass is 16.5. The Balaban J connectivity index is 1.70. The van der Waals surface area contributed by atoms with Crippen LogP contribution >= 0.6 is 0 Å². The van der Waals surface area contributed by atoms with Gasteiger partial charge in [-0.2, -0.15) is 0 Å². The van der Waals surface area contributed by atoms with E-state index in [1.807, 2.05) is 12.1 Å². The molecule has 1 amide bonds. The van der Waals surface area contributed by atoms with Gasteiger partial charge in [-0.25, -0.2) is 0 Å². The van der Waals surface area contributed by atoms with E-state index in [9.17, 15) is 4.79 Å². The number of nitrogens with one attached hydrogen (secondary N) is 1. The van der Waals surface area contributed by atoms with Crippen LogP contribution in [-0.4, -0.2) is 58.3 Å². The Morgan fingerprint density at radius 3 is 2.35 bits per heavy atom. The second-order valence-corrected chi connectivity index (χ2v) is 7.27. The number of carbonyl (C=O) groups is 1. The fourth-order valence-corrected chi connectivity index (χ4v) is 4.22. The molecule has 2 saturated heterocycles. The molecule has 6 nitrogen and oxygen atoms in total. The summed E-state index contributed by atoms with van der Waals surface area (Å²) < 4.78 is 16.4. The number of piperidine rings is 1. The molecule has 0 spiro atoms. The van der Waals surface area contributed by atoms with Crippen LogP contribution in [0, 0.1) is 5.92 Å². The SMILES string of the molecule is COc1cc(OC)c(OC)cc1C[NH+]1CCC[C@H](C(=O)N2CCCC2)C1. The van der Waals surface area contributed by atoms with E-state index in [-0.39, 0.29) is 5.92 Å². The zero-order valence-corrected chi connectivity index (χ0v) is 16.2. The number of nitrogens with zero attached hydrogens (tertiary/aromatic N) is 1. The minimum absolute atomic E-state index is 0.156. The Kier molecular flexibility index (Phi) is 6.25. The van der Waals surface area contributed by atoms with Crippen molar-refractivity contribution in [3.63, 3.8) is 0 Å². The molecule has 0 saturated carbocycles. The Labute approximate surface area is 156 Å².